The van der Waals surface area contributed by atoms with Gasteiger partial charge in [-0.15, -0.1) is 11.8 Å². The first kappa shape index (κ1) is 13.1. The summed E-state index contributed by atoms with van der Waals surface area (Å²) < 4.78 is 0. The summed E-state index contributed by atoms with van der Waals surface area (Å²) in [5, 5.41) is 4.22. The maximum Gasteiger partial charge on any atom is 0.0562 e. The Morgan fingerprint density at radius 2 is 2.35 bits per heavy atom. The van der Waals surface area contributed by atoms with Gasteiger partial charge in [0, 0.05) is 10.6 Å². The van der Waals surface area contributed by atoms with Crippen LogP contribution in [0.25, 0.3) is 0 Å². The van der Waals surface area contributed by atoms with Gasteiger partial charge >= 0.3 is 0 Å². The van der Waals surface area contributed by atoms with Crippen LogP contribution in [0.1, 0.15) is 19.3 Å². The second-order valence-electron chi connectivity index (χ2n) is 4.51. The van der Waals surface area contributed by atoms with E-state index in [1.165, 1.54) is 32.4 Å². The van der Waals surface area contributed by atoms with E-state index in [9.17, 15) is 0 Å². The van der Waals surface area contributed by atoms with Crippen LogP contribution in [0.15, 0.2) is 23.1 Å². The first-order valence-electron chi connectivity index (χ1n) is 6.15. The molecular weight excluding hydrogens is 252 g/mol. The maximum absolute atomic E-state index is 6.14. The van der Waals surface area contributed by atoms with Crippen LogP contribution in [-0.4, -0.2) is 18.8 Å². The molecule has 17 heavy (non-hydrogen) atoms. The second kappa shape index (κ2) is 6.53. The molecule has 1 aromatic carbocycles. The number of hydrogen-bond donors (Lipinski definition) is 2. The molecule has 1 aliphatic heterocycles. The summed E-state index contributed by atoms with van der Waals surface area (Å²) in [5.74, 6) is 1.92. The lowest BCUT2D eigenvalue weighted by Gasteiger charge is -2.22. The molecule has 0 amide bonds. The first-order valence-corrected chi connectivity index (χ1v) is 7.51. The topological polar surface area (TPSA) is 38.0 Å². The molecule has 4 heteroatoms. The molecule has 2 nitrogen and oxygen atoms in total. The molecule has 1 unspecified atom stereocenters. The second-order valence-corrected chi connectivity index (χ2v) is 6.02. The third-order valence-corrected chi connectivity index (χ3v) is 4.78. The molecule has 1 heterocycles. The maximum atomic E-state index is 6.14. The first-order chi connectivity index (χ1) is 8.27. The Morgan fingerprint density at radius 1 is 1.47 bits per heavy atom. The molecule has 1 fully saturated rings. The lowest BCUT2D eigenvalue weighted by atomic mass is 9.97. The lowest BCUT2D eigenvalue weighted by Crippen LogP contribution is -2.29. The van der Waals surface area contributed by atoms with Crippen LogP contribution in [0.5, 0.6) is 0 Å². The number of piperidine rings is 1. The molecule has 1 aromatic rings. The molecule has 0 spiro atoms. The van der Waals surface area contributed by atoms with Crippen molar-refractivity contribution in [3.8, 4) is 0 Å². The van der Waals surface area contributed by atoms with Crippen LogP contribution in [0, 0.1) is 5.92 Å². The normalized spacial score (nSPS) is 20.4. The molecule has 2 rings (SSSR count). The Hall–Kier alpha value is -0.380. The summed E-state index contributed by atoms with van der Waals surface area (Å²) in [6, 6.07) is 5.71. The zero-order valence-corrected chi connectivity index (χ0v) is 11.5. The van der Waals surface area contributed by atoms with E-state index >= 15 is 0 Å². The number of halogens is 1. The summed E-state index contributed by atoms with van der Waals surface area (Å²) in [7, 11) is 0. The zero-order chi connectivity index (χ0) is 12.1. The number of rotatable bonds is 4. The molecular formula is C13H19ClN2S. The summed E-state index contributed by atoms with van der Waals surface area (Å²) in [4.78, 5) is 1.04. The van der Waals surface area contributed by atoms with Crippen LogP contribution in [0.2, 0.25) is 5.02 Å². The zero-order valence-electron chi connectivity index (χ0n) is 9.92. The Balaban J connectivity index is 1.81. The number of nitrogens with one attached hydrogen (secondary N) is 1. The van der Waals surface area contributed by atoms with Crippen LogP contribution < -0.4 is 11.1 Å². The SMILES string of the molecule is Nc1cccc(Cl)c1SCCC1CCCNC1. The minimum Gasteiger partial charge on any atom is -0.398 e. The predicted molar refractivity (Wildman–Crippen MR) is 76.8 cm³/mol. The summed E-state index contributed by atoms with van der Waals surface area (Å²) in [5.41, 5.74) is 6.72. The van der Waals surface area contributed by atoms with Gasteiger partial charge in [-0.3, -0.25) is 0 Å². The highest BCUT2D eigenvalue weighted by Crippen LogP contribution is 2.33. The van der Waals surface area contributed by atoms with Crippen LogP contribution >= 0.6 is 23.4 Å². The van der Waals surface area contributed by atoms with E-state index in [-0.39, 0.29) is 0 Å². The van der Waals surface area contributed by atoms with E-state index in [1.807, 2.05) is 18.2 Å². The van der Waals surface area contributed by atoms with Crippen LogP contribution in [0.3, 0.4) is 0 Å². The minimum absolute atomic E-state index is 0.775. The van der Waals surface area contributed by atoms with Gasteiger partial charge in [0.1, 0.15) is 0 Å². The highest BCUT2D eigenvalue weighted by Gasteiger charge is 2.13. The van der Waals surface area contributed by atoms with Crippen molar-refractivity contribution in [3.05, 3.63) is 23.2 Å². The lowest BCUT2D eigenvalue weighted by molar-refractivity contribution is 0.371. The number of hydrogen-bond acceptors (Lipinski definition) is 3. The highest BCUT2D eigenvalue weighted by atomic mass is 35.5. The van der Waals surface area contributed by atoms with Crippen molar-refractivity contribution in [2.24, 2.45) is 5.92 Å². The van der Waals surface area contributed by atoms with E-state index in [1.54, 1.807) is 11.8 Å². The number of anilines is 1. The molecule has 0 aromatic heterocycles. The third kappa shape index (κ3) is 3.80. The standard InChI is InChI=1S/C13H19ClN2S/c14-11-4-1-5-12(15)13(11)17-8-6-10-3-2-7-16-9-10/h1,4-5,10,16H,2-3,6-9,15H2. The van der Waals surface area contributed by atoms with E-state index in [2.05, 4.69) is 5.32 Å². The van der Waals surface area contributed by atoms with E-state index in [4.69, 9.17) is 17.3 Å². The monoisotopic (exact) mass is 270 g/mol. The number of nitrogen functional groups attached to an aromatic ring is 1. The van der Waals surface area contributed by atoms with Crippen molar-refractivity contribution in [2.45, 2.75) is 24.2 Å². The predicted octanol–water partition coefficient (Wildman–Crippen LogP) is 3.40. The fourth-order valence-corrected chi connectivity index (χ4v) is 3.62. The number of thioether (sulfide) groups is 1. The molecule has 3 N–H and O–H groups in total. The van der Waals surface area contributed by atoms with Gasteiger partial charge in [0.25, 0.3) is 0 Å². The Labute approximate surface area is 112 Å². The van der Waals surface area contributed by atoms with Gasteiger partial charge in [-0.1, -0.05) is 17.7 Å². The van der Waals surface area contributed by atoms with Gasteiger partial charge in [0.2, 0.25) is 0 Å². The Kier molecular flexibility index (Phi) is 5.01. The summed E-state index contributed by atoms with van der Waals surface area (Å²) >= 11 is 7.92. The van der Waals surface area contributed by atoms with E-state index in [0.29, 0.717) is 0 Å². The van der Waals surface area contributed by atoms with Gasteiger partial charge in [-0.05, 0) is 56.2 Å². The largest absolute Gasteiger partial charge is 0.398 e. The van der Waals surface area contributed by atoms with E-state index < -0.39 is 0 Å². The quantitative estimate of drug-likeness (QED) is 0.651. The van der Waals surface area contributed by atoms with Crippen molar-refractivity contribution >= 4 is 29.1 Å². The summed E-state index contributed by atoms with van der Waals surface area (Å²) in [6.07, 6.45) is 3.90. The van der Waals surface area contributed by atoms with Gasteiger partial charge < -0.3 is 11.1 Å². The molecule has 0 aliphatic carbocycles. The van der Waals surface area contributed by atoms with Crippen molar-refractivity contribution in [1.82, 2.24) is 5.32 Å². The highest BCUT2D eigenvalue weighted by molar-refractivity contribution is 7.99. The molecule has 1 saturated heterocycles. The van der Waals surface area contributed by atoms with Gasteiger partial charge in [0.15, 0.2) is 0 Å². The smallest absolute Gasteiger partial charge is 0.0562 e. The number of benzene rings is 1. The van der Waals surface area contributed by atoms with Gasteiger partial charge in [-0.2, -0.15) is 0 Å². The Morgan fingerprint density at radius 3 is 3.06 bits per heavy atom. The van der Waals surface area contributed by atoms with Crippen LogP contribution in [0.4, 0.5) is 5.69 Å². The van der Waals surface area contributed by atoms with Crippen LogP contribution in [-0.2, 0) is 0 Å². The summed E-state index contributed by atoms with van der Waals surface area (Å²) in [6.45, 7) is 2.35. The number of nitrogens with two attached hydrogens (primary N) is 1. The van der Waals surface area contributed by atoms with Gasteiger partial charge in [-0.25, -0.2) is 0 Å². The fraction of sp³-hybridized carbons (Fsp3) is 0.538. The van der Waals surface area contributed by atoms with Crippen molar-refractivity contribution in [3.63, 3.8) is 0 Å². The van der Waals surface area contributed by atoms with Gasteiger partial charge in [0.05, 0.1) is 5.02 Å². The average molecular weight is 271 g/mol. The molecule has 94 valence electrons. The van der Waals surface area contributed by atoms with E-state index in [0.717, 1.165) is 27.3 Å². The van der Waals surface area contributed by atoms with Crippen molar-refractivity contribution in [1.29, 1.82) is 0 Å². The molecule has 1 atom stereocenters. The van der Waals surface area contributed by atoms with Crippen molar-refractivity contribution < 1.29 is 0 Å². The fourth-order valence-electron chi connectivity index (χ4n) is 2.18. The third-order valence-electron chi connectivity index (χ3n) is 3.17. The Bertz CT molecular complexity index is 344. The molecule has 1 aliphatic rings. The van der Waals surface area contributed by atoms with Crippen molar-refractivity contribution in [2.75, 3.05) is 24.6 Å². The molecule has 0 bridgehead atoms. The average Bonchev–Trinajstić information content (AvgIpc) is 2.34. The molecule has 0 saturated carbocycles. The minimum atomic E-state index is 0.775. The molecule has 0 radical (unpaired) electrons.